The molecular weight excluding hydrogens is 244 g/mol. The second-order valence-electron chi connectivity index (χ2n) is 4.18. The van der Waals surface area contributed by atoms with E-state index in [0.717, 1.165) is 11.9 Å². The third kappa shape index (κ3) is 2.35. The molecule has 7 heteroatoms. The van der Waals surface area contributed by atoms with E-state index < -0.39 is 0 Å². The van der Waals surface area contributed by atoms with E-state index in [1.54, 1.807) is 40.1 Å². The van der Waals surface area contributed by atoms with Crippen LogP contribution in [0.5, 0.6) is 0 Å². The van der Waals surface area contributed by atoms with Crippen molar-refractivity contribution in [3.63, 3.8) is 0 Å². The minimum Gasteiger partial charge on any atom is -0.315 e. The minimum absolute atomic E-state index is 0.0117. The second kappa shape index (κ2) is 4.97. The summed E-state index contributed by atoms with van der Waals surface area (Å²) in [5, 5.41) is 11.5. The van der Waals surface area contributed by atoms with E-state index in [9.17, 15) is 4.79 Å². The van der Waals surface area contributed by atoms with Crippen LogP contribution < -0.4 is 5.56 Å². The van der Waals surface area contributed by atoms with Gasteiger partial charge in [-0.2, -0.15) is 0 Å². The van der Waals surface area contributed by atoms with Gasteiger partial charge in [0.15, 0.2) is 0 Å². The van der Waals surface area contributed by atoms with Crippen LogP contribution in [0.25, 0.3) is 10.9 Å². The monoisotopic (exact) mass is 256 g/mol. The number of hydrogen-bond acceptors (Lipinski definition) is 5. The lowest BCUT2D eigenvalue weighted by molar-refractivity contribution is 0.509. The van der Waals surface area contributed by atoms with Crippen LogP contribution in [0, 0.1) is 0 Å². The fraction of sp³-hybridized carbons (Fsp3) is 0.250. The zero-order chi connectivity index (χ0) is 13.1. The summed E-state index contributed by atoms with van der Waals surface area (Å²) in [6.07, 6.45) is 5.81. The zero-order valence-corrected chi connectivity index (χ0v) is 10.2. The minimum atomic E-state index is -0.0117. The van der Waals surface area contributed by atoms with E-state index in [1.165, 1.54) is 0 Å². The summed E-state index contributed by atoms with van der Waals surface area (Å²) in [6, 6.07) is 5.42. The predicted octanol–water partition coefficient (Wildman–Crippen LogP) is 0.473. The molecule has 3 aromatic heterocycles. The van der Waals surface area contributed by atoms with Gasteiger partial charge in [0.1, 0.15) is 6.33 Å². The Morgan fingerprint density at radius 2 is 2.16 bits per heavy atom. The number of tetrazole rings is 1. The highest BCUT2D eigenvalue weighted by atomic mass is 16.1. The van der Waals surface area contributed by atoms with E-state index in [-0.39, 0.29) is 5.56 Å². The second-order valence-corrected chi connectivity index (χ2v) is 4.18. The lowest BCUT2D eigenvalue weighted by atomic mass is 10.2. The molecule has 0 atom stereocenters. The number of fused-ring (bicyclic) bond motifs is 1. The molecule has 0 spiro atoms. The van der Waals surface area contributed by atoms with Crippen LogP contribution in [0.2, 0.25) is 0 Å². The molecule has 96 valence electrons. The van der Waals surface area contributed by atoms with Crippen molar-refractivity contribution in [2.45, 2.75) is 19.5 Å². The summed E-state index contributed by atoms with van der Waals surface area (Å²) in [7, 11) is 0. The van der Waals surface area contributed by atoms with Crippen LogP contribution in [-0.4, -0.2) is 29.8 Å². The van der Waals surface area contributed by atoms with Gasteiger partial charge in [-0.15, -0.1) is 5.10 Å². The highest BCUT2D eigenvalue weighted by Gasteiger charge is 2.02. The fourth-order valence-corrected chi connectivity index (χ4v) is 1.98. The van der Waals surface area contributed by atoms with Crippen molar-refractivity contribution in [2.75, 3.05) is 0 Å². The molecule has 0 saturated carbocycles. The Morgan fingerprint density at radius 1 is 1.21 bits per heavy atom. The van der Waals surface area contributed by atoms with Gasteiger partial charge >= 0.3 is 0 Å². The first-order valence-electron chi connectivity index (χ1n) is 5.99. The molecule has 0 aliphatic rings. The van der Waals surface area contributed by atoms with Crippen molar-refractivity contribution in [1.82, 2.24) is 29.8 Å². The van der Waals surface area contributed by atoms with Crippen molar-refractivity contribution < 1.29 is 0 Å². The van der Waals surface area contributed by atoms with Crippen molar-refractivity contribution in [3.05, 3.63) is 47.3 Å². The number of aryl methyl sites for hydroxylation is 2. The Labute approximate surface area is 108 Å². The Balaban J connectivity index is 1.78. The molecule has 0 aromatic carbocycles. The first kappa shape index (κ1) is 11.5. The molecular formula is C12H12N6O. The van der Waals surface area contributed by atoms with Crippen LogP contribution in [0.4, 0.5) is 0 Å². The summed E-state index contributed by atoms with van der Waals surface area (Å²) >= 11 is 0. The molecule has 0 fully saturated rings. The van der Waals surface area contributed by atoms with E-state index in [1.807, 2.05) is 6.07 Å². The Bertz CT molecular complexity index is 733. The number of aromatic nitrogens is 6. The van der Waals surface area contributed by atoms with Crippen molar-refractivity contribution in [3.8, 4) is 0 Å². The lowest BCUT2D eigenvalue weighted by Crippen LogP contribution is -2.20. The largest absolute Gasteiger partial charge is 0.315 e. The first-order chi connectivity index (χ1) is 9.34. The third-order valence-electron chi connectivity index (χ3n) is 2.92. The van der Waals surface area contributed by atoms with E-state index in [0.29, 0.717) is 18.5 Å². The van der Waals surface area contributed by atoms with Crippen LogP contribution in [0.15, 0.2) is 41.7 Å². The highest BCUT2D eigenvalue weighted by molar-refractivity contribution is 5.76. The average molecular weight is 256 g/mol. The van der Waals surface area contributed by atoms with E-state index in [2.05, 4.69) is 20.5 Å². The van der Waals surface area contributed by atoms with Gasteiger partial charge in [0.2, 0.25) is 0 Å². The van der Waals surface area contributed by atoms with Gasteiger partial charge in [-0.25, -0.2) is 4.68 Å². The first-order valence-corrected chi connectivity index (χ1v) is 5.99. The molecule has 0 radical (unpaired) electrons. The van der Waals surface area contributed by atoms with Crippen LogP contribution in [0.3, 0.4) is 0 Å². The van der Waals surface area contributed by atoms with Gasteiger partial charge in [-0.3, -0.25) is 9.78 Å². The topological polar surface area (TPSA) is 78.5 Å². The lowest BCUT2D eigenvalue weighted by Gasteiger charge is -2.06. The third-order valence-corrected chi connectivity index (χ3v) is 2.92. The normalized spacial score (nSPS) is 10.9. The maximum atomic E-state index is 12.2. The molecule has 3 rings (SSSR count). The molecule has 19 heavy (non-hydrogen) atoms. The van der Waals surface area contributed by atoms with Gasteiger partial charge in [0.05, 0.1) is 10.9 Å². The van der Waals surface area contributed by atoms with E-state index >= 15 is 0 Å². The summed E-state index contributed by atoms with van der Waals surface area (Å²) in [4.78, 5) is 16.4. The smallest absolute Gasteiger partial charge is 0.259 e. The molecule has 0 unspecified atom stereocenters. The fourth-order valence-electron chi connectivity index (χ4n) is 1.98. The molecule has 0 amide bonds. The van der Waals surface area contributed by atoms with Gasteiger partial charge in [0, 0.05) is 25.5 Å². The molecule has 3 aromatic rings. The molecule has 0 aliphatic heterocycles. The van der Waals surface area contributed by atoms with Gasteiger partial charge < -0.3 is 4.57 Å². The molecule has 0 aliphatic carbocycles. The highest BCUT2D eigenvalue weighted by Crippen LogP contribution is 2.04. The summed E-state index contributed by atoms with van der Waals surface area (Å²) in [5.41, 5.74) is 0.714. The number of rotatable bonds is 4. The standard InChI is InChI=1S/C12H12N6O/c19-12-10-3-1-5-13-11(10)4-8-17(12)6-2-7-18-9-14-15-16-18/h1,3-5,8-9H,2,6-7H2. The number of nitrogens with zero attached hydrogens (tertiary/aromatic N) is 6. The van der Waals surface area contributed by atoms with E-state index in [4.69, 9.17) is 0 Å². The maximum absolute atomic E-state index is 12.2. The summed E-state index contributed by atoms with van der Waals surface area (Å²) in [6.45, 7) is 1.31. The quantitative estimate of drug-likeness (QED) is 0.678. The maximum Gasteiger partial charge on any atom is 0.259 e. The summed E-state index contributed by atoms with van der Waals surface area (Å²) < 4.78 is 3.34. The SMILES string of the molecule is O=c1c2cccnc2ccn1CCCn1cnnn1. The Hall–Kier alpha value is -2.57. The molecule has 7 nitrogen and oxygen atoms in total. The van der Waals surface area contributed by atoms with Crippen molar-refractivity contribution in [2.24, 2.45) is 0 Å². The van der Waals surface area contributed by atoms with Gasteiger partial charge in [-0.1, -0.05) is 0 Å². The molecule has 0 N–H and O–H groups in total. The molecule has 3 heterocycles. The van der Waals surface area contributed by atoms with Crippen LogP contribution >= 0.6 is 0 Å². The van der Waals surface area contributed by atoms with Gasteiger partial charge in [-0.05, 0) is 35.0 Å². The Kier molecular flexibility index (Phi) is 3.01. The number of pyridine rings is 2. The summed E-state index contributed by atoms with van der Waals surface area (Å²) in [5.74, 6) is 0. The predicted molar refractivity (Wildman–Crippen MR) is 68.4 cm³/mol. The van der Waals surface area contributed by atoms with Gasteiger partial charge in [0.25, 0.3) is 5.56 Å². The molecule has 0 bridgehead atoms. The van der Waals surface area contributed by atoms with Crippen LogP contribution in [-0.2, 0) is 13.1 Å². The Morgan fingerprint density at radius 3 is 3.00 bits per heavy atom. The van der Waals surface area contributed by atoms with Crippen molar-refractivity contribution in [1.29, 1.82) is 0 Å². The van der Waals surface area contributed by atoms with Crippen molar-refractivity contribution >= 4 is 10.9 Å². The zero-order valence-electron chi connectivity index (χ0n) is 10.2. The average Bonchev–Trinajstić information content (AvgIpc) is 2.95. The number of hydrogen-bond donors (Lipinski definition) is 0. The molecule has 0 saturated heterocycles. The van der Waals surface area contributed by atoms with Crippen LogP contribution in [0.1, 0.15) is 6.42 Å².